The minimum atomic E-state index is -1.25. The van der Waals surface area contributed by atoms with Gasteiger partial charge in [-0.3, -0.25) is 9.69 Å². The van der Waals surface area contributed by atoms with E-state index < -0.39 is 29.3 Å². The van der Waals surface area contributed by atoms with Crippen molar-refractivity contribution in [3.8, 4) is 11.5 Å². The first kappa shape index (κ1) is 31.1. The van der Waals surface area contributed by atoms with E-state index in [1.165, 1.54) is 29.2 Å². The van der Waals surface area contributed by atoms with Gasteiger partial charge in [-0.1, -0.05) is 55.3 Å². The summed E-state index contributed by atoms with van der Waals surface area (Å²) in [5, 5.41) is 30.3. The minimum Gasteiger partial charge on any atom is -0.507 e. The fraction of sp³-hybridized carbons (Fsp3) is 0.516. The lowest BCUT2D eigenvalue weighted by Gasteiger charge is -2.43. The lowest BCUT2D eigenvalue weighted by molar-refractivity contribution is -0.156. The molecule has 1 unspecified atom stereocenters. The van der Waals surface area contributed by atoms with E-state index in [1.807, 2.05) is 13.0 Å². The number of carboxylic acid groups (broad SMARTS) is 1. The van der Waals surface area contributed by atoms with E-state index in [-0.39, 0.29) is 35.1 Å². The average molecular weight is 602 g/mol. The van der Waals surface area contributed by atoms with Crippen LogP contribution in [0.5, 0.6) is 11.5 Å². The number of benzene rings is 1. The van der Waals surface area contributed by atoms with E-state index in [2.05, 4.69) is 26.5 Å². The summed E-state index contributed by atoms with van der Waals surface area (Å²) in [6.07, 6.45) is 7.01. The number of carbonyl (C=O) groups is 2. The second-order valence-electron chi connectivity index (χ2n) is 11.2. The first-order valence-corrected chi connectivity index (χ1v) is 15.4. The lowest BCUT2D eigenvalue weighted by atomic mass is 9.73. The molecule has 4 rings (SSSR count). The number of ether oxygens (including phenoxy) is 2. The van der Waals surface area contributed by atoms with Crippen LogP contribution in [0.2, 0.25) is 0 Å². The number of allylic oxidation sites excluding steroid dienone is 3. The van der Waals surface area contributed by atoms with Crippen LogP contribution in [-0.2, 0) is 20.7 Å². The predicted octanol–water partition coefficient (Wildman–Crippen LogP) is 6.03. The zero-order valence-electron chi connectivity index (χ0n) is 24.0. The molecule has 222 valence electrons. The van der Waals surface area contributed by atoms with E-state index in [4.69, 9.17) is 21.7 Å². The van der Waals surface area contributed by atoms with Crippen molar-refractivity contribution >= 4 is 41.1 Å². The highest BCUT2D eigenvalue weighted by atomic mass is 32.2. The van der Waals surface area contributed by atoms with E-state index in [9.17, 15) is 24.9 Å². The number of phenols is 1. The molecule has 0 aromatic heterocycles. The van der Waals surface area contributed by atoms with Crippen LogP contribution in [-0.4, -0.2) is 55.4 Å². The van der Waals surface area contributed by atoms with Crippen LogP contribution in [0.25, 0.3) is 0 Å². The van der Waals surface area contributed by atoms with Crippen LogP contribution < -0.4 is 4.74 Å². The smallest absolute Gasteiger partial charge is 0.358 e. The molecule has 1 saturated heterocycles. The maximum Gasteiger partial charge on any atom is 0.358 e. The summed E-state index contributed by atoms with van der Waals surface area (Å²) in [6, 6.07) is 3.70. The lowest BCUT2D eigenvalue weighted by Crippen LogP contribution is -2.60. The molecule has 0 radical (unpaired) electrons. The zero-order valence-corrected chi connectivity index (χ0v) is 25.6. The third-order valence-corrected chi connectivity index (χ3v) is 9.59. The van der Waals surface area contributed by atoms with Gasteiger partial charge in [-0.25, -0.2) is 4.79 Å². The fourth-order valence-electron chi connectivity index (χ4n) is 5.92. The molecule has 0 spiro atoms. The van der Waals surface area contributed by atoms with Gasteiger partial charge < -0.3 is 24.8 Å². The van der Waals surface area contributed by atoms with E-state index in [0.717, 1.165) is 49.7 Å². The van der Waals surface area contributed by atoms with Crippen LogP contribution in [0.3, 0.4) is 0 Å². The Morgan fingerprint density at radius 3 is 2.68 bits per heavy atom. The Balaban J connectivity index is 1.58. The summed E-state index contributed by atoms with van der Waals surface area (Å²) in [5.74, 6) is -1.84. The van der Waals surface area contributed by atoms with Crippen LogP contribution in [0.15, 0.2) is 46.5 Å². The third kappa shape index (κ3) is 6.49. The van der Waals surface area contributed by atoms with Crippen molar-refractivity contribution in [2.24, 2.45) is 11.8 Å². The number of thiocarbonyl (C=S) groups is 1. The van der Waals surface area contributed by atoms with Gasteiger partial charge in [0.15, 0.2) is 0 Å². The van der Waals surface area contributed by atoms with Gasteiger partial charge in [0.25, 0.3) is 0 Å². The number of thioether (sulfide) groups is 1. The SMILES string of the molecule is C=C(C)[C@@H]1CCC(C)=C[C@H]1c1c(O)cc(CCCCC)cc1OC(=S)OCC1=C(C(=O)O)N2C(=O)[C@H]([C@@H](C)O)C2S1. The molecule has 2 aliphatic heterocycles. The first-order valence-electron chi connectivity index (χ1n) is 14.1. The summed E-state index contributed by atoms with van der Waals surface area (Å²) >= 11 is 6.61. The molecule has 1 aromatic carbocycles. The number of aliphatic carboxylic acids is 1. The van der Waals surface area contributed by atoms with Gasteiger partial charge in [0.1, 0.15) is 29.2 Å². The number of rotatable bonds is 11. The highest BCUT2D eigenvalue weighted by Crippen LogP contribution is 2.50. The Kier molecular flexibility index (Phi) is 9.87. The number of aliphatic hydroxyl groups excluding tert-OH is 1. The van der Waals surface area contributed by atoms with Crippen LogP contribution in [0.1, 0.15) is 76.8 Å². The molecule has 1 amide bonds. The molecule has 0 saturated carbocycles. The van der Waals surface area contributed by atoms with Gasteiger partial charge in [-0.15, -0.1) is 0 Å². The van der Waals surface area contributed by atoms with Crippen molar-refractivity contribution in [1.29, 1.82) is 0 Å². The topological polar surface area (TPSA) is 117 Å². The summed E-state index contributed by atoms with van der Waals surface area (Å²) in [7, 11) is 0. The number of hydrogen-bond acceptors (Lipinski definition) is 8. The summed E-state index contributed by atoms with van der Waals surface area (Å²) in [4.78, 5) is 26.0. The third-order valence-electron chi connectivity index (χ3n) is 8.05. The number of aryl methyl sites for hydroxylation is 1. The maximum atomic E-state index is 12.5. The number of unbranched alkanes of at least 4 members (excludes halogenated alkanes) is 2. The molecule has 8 nitrogen and oxygen atoms in total. The van der Waals surface area contributed by atoms with Crippen molar-refractivity contribution in [2.45, 2.75) is 83.6 Å². The molecular formula is C31H39NO7S2. The number of phenolic OH excluding ortho intramolecular Hbond substituents is 1. The average Bonchev–Trinajstić information content (AvgIpc) is 3.21. The largest absolute Gasteiger partial charge is 0.507 e. The van der Waals surface area contributed by atoms with Crippen molar-refractivity contribution in [3.63, 3.8) is 0 Å². The molecule has 0 bridgehead atoms. The summed E-state index contributed by atoms with van der Waals surface area (Å²) < 4.78 is 11.8. The van der Waals surface area contributed by atoms with Crippen molar-refractivity contribution in [2.75, 3.05) is 6.61 Å². The molecule has 10 heteroatoms. The number of aliphatic hydroxyl groups is 1. The summed E-state index contributed by atoms with van der Waals surface area (Å²) in [6.45, 7) is 11.7. The quantitative estimate of drug-likeness (QED) is 0.121. The molecule has 3 N–H and O–H groups in total. The molecule has 41 heavy (non-hydrogen) atoms. The Hall–Kier alpha value is -2.82. The Bertz CT molecular complexity index is 1300. The molecule has 1 fully saturated rings. The molecule has 1 aliphatic carbocycles. The Labute approximate surface area is 251 Å². The summed E-state index contributed by atoms with van der Waals surface area (Å²) in [5.41, 5.74) is 3.64. The second kappa shape index (κ2) is 13.0. The number of β-lactam (4-membered cyclic amide) rings is 1. The van der Waals surface area contributed by atoms with E-state index >= 15 is 0 Å². The number of nitrogens with zero attached hydrogens (tertiary/aromatic N) is 1. The standard InChI is InChI=1S/C31H39NO7S2/c1-6-7-8-9-19-13-22(34)26(21-12-17(4)10-11-20(21)16(2)3)23(14-19)39-31(40)38-15-24-27(30(36)37)32-28(35)25(18(5)33)29(32)41-24/h12-14,18,20-21,25,29,33-34H,2,6-11,15H2,1,3-5H3,(H,36,37)/t18-,20+,21-,25+,29?/m1/s1. The maximum absolute atomic E-state index is 12.5. The van der Waals surface area contributed by atoms with E-state index in [0.29, 0.717) is 16.2 Å². The molecule has 5 atom stereocenters. The zero-order chi connectivity index (χ0) is 30.0. The molecule has 2 heterocycles. The monoisotopic (exact) mass is 601 g/mol. The Morgan fingerprint density at radius 2 is 2.05 bits per heavy atom. The van der Waals surface area contributed by atoms with Crippen molar-refractivity contribution in [1.82, 2.24) is 4.90 Å². The second-order valence-corrected chi connectivity index (χ2v) is 12.8. The van der Waals surface area contributed by atoms with Crippen LogP contribution in [0.4, 0.5) is 0 Å². The number of fused-ring (bicyclic) bond motifs is 1. The Morgan fingerprint density at radius 1 is 1.32 bits per heavy atom. The number of carbonyl (C=O) groups excluding carboxylic acids is 1. The van der Waals surface area contributed by atoms with Crippen LogP contribution in [0, 0.1) is 11.8 Å². The van der Waals surface area contributed by atoms with Gasteiger partial charge >= 0.3 is 11.2 Å². The van der Waals surface area contributed by atoms with E-state index in [1.54, 1.807) is 6.07 Å². The number of carboxylic acids is 1. The number of amides is 1. The number of aromatic hydroxyl groups is 1. The predicted molar refractivity (Wildman–Crippen MR) is 163 cm³/mol. The van der Waals surface area contributed by atoms with Gasteiger partial charge in [0.2, 0.25) is 5.91 Å². The van der Waals surface area contributed by atoms with Crippen LogP contribution >= 0.6 is 24.0 Å². The van der Waals surface area contributed by atoms with Crippen molar-refractivity contribution in [3.05, 3.63) is 57.7 Å². The van der Waals surface area contributed by atoms with Gasteiger partial charge in [-0.2, -0.15) is 0 Å². The fourth-order valence-corrected chi connectivity index (χ4v) is 7.58. The minimum absolute atomic E-state index is 0.120. The highest BCUT2D eigenvalue weighted by Gasteiger charge is 2.57. The molecule has 1 aromatic rings. The van der Waals surface area contributed by atoms with Gasteiger partial charge in [0.05, 0.1) is 16.9 Å². The van der Waals surface area contributed by atoms with Gasteiger partial charge in [-0.05, 0) is 70.1 Å². The van der Waals surface area contributed by atoms with Gasteiger partial charge in [0, 0.05) is 23.7 Å². The molecular weight excluding hydrogens is 562 g/mol. The normalized spacial score (nSPS) is 24.4. The van der Waals surface area contributed by atoms with Crippen molar-refractivity contribution < 1.29 is 34.4 Å². The number of hydrogen-bond donors (Lipinski definition) is 3. The highest BCUT2D eigenvalue weighted by molar-refractivity contribution is 8.04. The first-order chi connectivity index (χ1) is 19.4. The molecule has 3 aliphatic rings.